The van der Waals surface area contributed by atoms with Crippen LogP contribution in [-0.2, 0) is 13.1 Å². The Morgan fingerprint density at radius 1 is 1.07 bits per heavy atom. The lowest BCUT2D eigenvalue weighted by molar-refractivity contribution is 0.761. The highest BCUT2D eigenvalue weighted by Crippen LogP contribution is 2.10. The van der Waals surface area contributed by atoms with Gasteiger partial charge in [-0.25, -0.2) is 4.98 Å². The average molecular weight is 494 g/mol. The number of rotatable bonds is 7. The van der Waals surface area contributed by atoms with E-state index in [4.69, 9.17) is 0 Å². The predicted molar refractivity (Wildman–Crippen MR) is 123 cm³/mol. The van der Waals surface area contributed by atoms with Crippen LogP contribution in [0, 0.1) is 0 Å². The highest BCUT2D eigenvalue weighted by atomic mass is 127. The van der Waals surface area contributed by atoms with Crippen LogP contribution in [0.3, 0.4) is 0 Å². The van der Waals surface area contributed by atoms with Crippen LogP contribution in [0.4, 0.5) is 5.82 Å². The van der Waals surface area contributed by atoms with E-state index in [0.717, 1.165) is 35.9 Å². The predicted octanol–water partition coefficient (Wildman–Crippen LogP) is 2.45. The number of guanidine groups is 1. The topological polar surface area (TPSA) is 82.7 Å². The molecule has 0 amide bonds. The summed E-state index contributed by atoms with van der Waals surface area (Å²) in [7, 11) is 1.75. The molecule has 8 nitrogen and oxygen atoms in total. The van der Waals surface area contributed by atoms with Crippen molar-refractivity contribution in [2.45, 2.75) is 26.9 Å². The summed E-state index contributed by atoms with van der Waals surface area (Å²) in [6.45, 7) is 7.35. The standard InChI is InChI=1S/C19H26N8.HI/c1-4-26(5-2)16-10-9-15(12-21-16)13-22-19(20-3)23-14-18-25-24-17-8-6-7-11-27(17)18;/h6-12H,4-5,13-14H2,1-3H3,(H2,20,22,23);1H. The van der Waals surface area contributed by atoms with Gasteiger partial charge in [-0.15, -0.1) is 34.2 Å². The second kappa shape index (κ2) is 10.8. The fourth-order valence-corrected chi connectivity index (χ4v) is 2.84. The van der Waals surface area contributed by atoms with Crippen molar-refractivity contribution in [2.75, 3.05) is 25.0 Å². The van der Waals surface area contributed by atoms with Gasteiger partial charge >= 0.3 is 0 Å². The van der Waals surface area contributed by atoms with Crippen LogP contribution < -0.4 is 15.5 Å². The van der Waals surface area contributed by atoms with E-state index in [1.54, 1.807) is 7.05 Å². The lowest BCUT2D eigenvalue weighted by Gasteiger charge is -2.19. The van der Waals surface area contributed by atoms with E-state index in [1.165, 1.54) is 0 Å². The Morgan fingerprint density at radius 3 is 2.54 bits per heavy atom. The molecule has 0 unspecified atom stereocenters. The van der Waals surface area contributed by atoms with E-state index < -0.39 is 0 Å². The Bertz CT molecular complexity index is 886. The van der Waals surface area contributed by atoms with Gasteiger partial charge in [0.2, 0.25) is 0 Å². The molecule has 0 spiro atoms. The van der Waals surface area contributed by atoms with Crippen molar-refractivity contribution in [3.63, 3.8) is 0 Å². The van der Waals surface area contributed by atoms with Gasteiger partial charge in [-0.2, -0.15) is 0 Å². The third kappa shape index (κ3) is 5.31. The maximum Gasteiger partial charge on any atom is 0.191 e. The summed E-state index contributed by atoms with van der Waals surface area (Å²) >= 11 is 0. The summed E-state index contributed by atoms with van der Waals surface area (Å²) in [5.74, 6) is 2.54. The number of hydrogen-bond acceptors (Lipinski definition) is 5. The van der Waals surface area contributed by atoms with Gasteiger partial charge in [0.05, 0.1) is 6.54 Å². The van der Waals surface area contributed by atoms with Gasteiger partial charge in [0.15, 0.2) is 17.4 Å². The molecule has 0 saturated carbocycles. The fraction of sp³-hybridized carbons (Fsp3) is 0.368. The number of aliphatic imine (C=N–C) groups is 1. The lowest BCUT2D eigenvalue weighted by Crippen LogP contribution is -2.36. The largest absolute Gasteiger partial charge is 0.357 e. The second-order valence-electron chi connectivity index (χ2n) is 6.02. The van der Waals surface area contributed by atoms with Gasteiger partial charge in [0.25, 0.3) is 0 Å². The van der Waals surface area contributed by atoms with Crippen LogP contribution >= 0.6 is 24.0 Å². The number of fused-ring (bicyclic) bond motifs is 1. The summed E-state index contributed by atoms with van der Waals surface area (Å²) < 4.78 is 1.95. The minimum Gasteiger partial charge on any atom is -0.357 e. The number of aromatic nitrogens is 4. The zero-order valence-electron chi connectivity index (χ0n) is 16.5. The third-order valence-electron chi connectivity index (χ3n) is 4.38. The van der Waals surface area contributed by atoms with Crippen molar-refractivity contribution in [2.24, 2.45) is 4.99 Å². The maximum absolute atomic E-state index is 4.55. The van der Waals surface area contributed by atoms with Crippen molar-refractivity contribution in [3.05, 3.63) is 54.1 Å². The van der Waals surface area contributed by atoms with Gasteiger partial charge in [-0.1, -0.05) is 12.1 Å². The van der Waals surface area contributed by atoms with Crippen molar-refractivity contribution in [1.29, 1.82) is 0 Å². The molecular weight excluding hydrogens is 467 g/mol. The van der Waals surface area contributed by atoms with E-state index in [9.17, 15) is 0 Å². The smallest absolute Gasteiger partial charge is 0.191 e. The average Bonchev–Trinajstić information content (AvgIpc) is 3.13. The molecule has 0 aromatic carbocycles. The monoisotopic (exact) mass is 494 g/mol. The summed E-state index contributed by atoms with van der Waals surface area (Å²) in [6.07, 6.45) is 3.85. The van der Waals surface area contributed by atoms with E-state index in [2.05, 4.69) is 61.7 Å². The van der Waals surface area contributed by atoms with E-state index in [1.807, 2.05) is 35.0 Å². The Balaban J connectivity index is 0.00000280. The van der Waals surface area contributed by atoms with Crippen LogP contribution in [0.25, 0.3) is 5.65 Å². The number of pyridine rings is 2. The Kier molecular flexibility index (Phi) is 8.42. The second-order valence-corrected chi connectivity index (χ2v) is 6.02. The normalized spacial score (nSPS) is 11.2. The first-order valence-corrected chi connectivity index (χ1v) is 9.18. The molecule has 3 aromatic rings. The highest BCUT2D eigenvalue weighted by molar-refractivity contribution is 14.0. The molecule has 0 aliphatic carbocycles. The lowest BCUT2D eigenvalue weighted by atomic mass is 10.2. The van der Waals surface area contributed by atoms with E-state index >= 15 is 0 Å². The van der Waals surface area contributed by atoms with E-state index in [-0.39, 0.29) is 24.0 Å². The molecule has 0 aliphatic heterocycles. The quantitative estimate of drug-likeness (QED) is 0.299. The molecule has 3 heterocycles. The zero-order chi connectivity index (χ0) is 19.1. The van der Waals surface area contributed by atoms with Crippen LogP contribution in [-0.4, -0.2) is 45.7 Å². The van der Waals surface area contributed by atoms with Crippen LogP contribution in [0.15, 0.2) is 47.7 Å². The highest BCUT2D eigenvalue weighted by Gasteiger charge is 2.06. The SMILES string of the molecule is CCN(CC)c1ccc(CNC(=NC)NCc2nnc3ccccn23)cn1.I. The number of halogens is 1. The molecule has 28 heavy (non-hydrogen) atoms. The van der Waals surface area contributed by atoms with E-state index in [0.29, 0.717) is 19.0 Å². The van der Waals surface area contributed by atoms with Crippen LogP contribution in [0.5, 0.6) is 0 Å². The Morgan fingerprint density at radius 2 is 1.86 bits per heavy atom. The number of nitrogens with zero attached hydrogens (tertiary/aromatic N) is 6. The minimum absolute atomic E-state index is 0. The molecule has 0 fully saturated rings. The summed E-state index contributed by atoms with van der Waals surface area (Å²) in [5, 5.41) is 14.9. The molecular formula is C19H27IN8. The third-order valence-corrected chi connectivity index (χ3v) is 4.38. The van der Waals surface area contributed by atoms with Gasteiger partial charge in [0.1, 0.15) is 5.82 Å². The molecule has 3 aromatic heterocycles. The molecule has 0 aliphatic rings. The first-order valence-electron chi connectivity index (χ1n) is 9.18. The summed E-state index contributed by atoms with van der Waals surface area (Å²) in [6, 6.07) is 9.98. The molecule has 0 bridgehead atoms. The molecule has 0 radical (unpaired) electrons. The molecule has 0 atom stereocenters. The van der Waals surface area contributed by atoms with Gasteiger partial charge in [0, 0.05) is 39.1 Å². The zero-order valence-corrected chi connectivity index (χ0v) is 18.8. The molecule has 2 N–H and O–H groups in total. The Labute approximate surface area is 182 Å². The molecule has 9 heteroatoms. The summed E-state index contributed by atoms with van der Waals surface area (Å²) in [5.41, 5.74) is 1.93. The van der Waals surface area contributed by atoms with Gasteiger partial charge in [-0.05, 0) is 37.6 Å². The fourth-order valence-electron chi connectivity index (χ4n) is 2.84. The molecule has 3 rings (SSSR count). The van der Waals surface area contributed by atoms with Crippen molar-refractivity contribution >= 4 is 41.4 Å². The maximum atomic E-state index is 4.55. The first-order chi connectivity index (χ1) is 13.2. The van der Waals surface area contributed by atoms with Crippen LogP contribution in [0.1, 0.15) is 25.2 Å². The van der Waals surface area contributed by atoms with Crippen molar-refractivity contribution in [3.8, 4) is 0 Å². The minimum atomic E-state index is 0. The van der Waals surface area contributed by atoms with Crippen molar-refractivity contribution in [1.82, 2.24) is 30.2 Å². The molecule has 0 saturated heterocycles. The van der Waals surface area contributed by atoms with Gasteiger partial charge in [-0.3, -0.25) is 9.39 Å². The van der Waals surface area contributed by atoms with Gasteiger partial charge < -0.3 is 15.5 Å². The van der Waals surface area contributed by atoms with Crippen LogP contribution in [0.2, 0.25) is 0 Å². The number of nitrogens with one attached hydrogen (secondary N) is 2. The number of hydrogen-bond donors (Lipinski definition) is 2. The number of anilines is 1. The van der Waals surface area contributed by atoms with Crippen molar-refractivity contribution < 1.29 is 0 Å². The molecule has 150 valence electrons. The Hall–Kier alpha value is -2.43. The summed E-state index contributed by atoms with van der Waals surface area (Å²) in [4.78, 5) is 11.0. The first kappa shape index (κ1) is 21.9.